The summed E-state index contributed by atoms with van der Waals surface area (Å²) in [6, 6.07) is 11.2. The molecule has 1 heterocycles. The summed E-state index contributed by atoms with van der Waals surface area (Å²) in [6.45, 7) is 6.24. The number of carbonyl (C=O) groups is 1. The second-order valence-corrected chi connectivity index (χ2v) is 9.10. The van der Waals surface area contributed by atoms with Crippen LogP contribution in [0.2, 0.25) is 10.0 Å². The zero-order chi connectivity index (χ0) is 21.8. The van der Waals surface area contributed by atoms with Crippen molar-refractivity contribution in [1.29, 1.82) is 0 Å². The molecule has 0 aliphatic heterocycles. The minimum absolute atomic E-state index is 0.0780. The number of para-hydroxylation sites is 1. The maximum atomic E-state index is 12.7. The molecule has 3 aromatic rings. The van der Waals surface area contributed by atoms with Gasteiger partial charge in [0.1, 0.15) is 0 Å². The summed E-state index contributed by atoms with van der Waals surface area (Å²) in [5.74, 6) is 0.640. The molecule has 0 fully saturated rings. The number of halogens is 2. The molecule has 1 aromatic heterocycles. The van der Waals surface area contributed by atoms with Gasteiger partial charge >= 0.3 is 0 Å². The highest BCUT2D eigenvalue weighted by Crippen LogP contribution is 2.27. The van der Waals surface area contributed by atoms with Crippen LogP contribution >= 0.6 is 35.0 Å². The van der Waals surface area contributed by atoms with Crippen LogP contribution in [-0.4, -0.2) is 25.9 Å². The number of amides is 1. The highest BCUT2D eigenvalue weighted by molar-refractivity contribution is 8.00. The van der Waals surface area contributed by atoms with Crippen LogP contribution in [0.4, 0.5) is 11.4 Å². The summed E-state index contributed by atoms with van der Waals surface area (Å²) in [5.41, 5.74) is 3.65. The topological polar surface area (TPSA) is 71.8 Å². The number of aromatic nitrogens is 3. The van der Waals surface area contributed by atoms with Crippen LogP contribution in [0.1, 0.15) is 23.9 Å². The summed E-state index contributed by atoms with van der Waals surface area (Å²) >= 11 is 13.6. The summed E-state index contributed by atoms with van der Waals surface area (Å²) in [6.07, 6.45) is 0. The van der Waals surface area contributed by atoms with Crippen LogP contribution in [-0.2, 0) is 18.4 Å². The van der Waals surface area contributed by atoms with E-state index in [9.17, 15) is 4.79 Å². The maximum absolute atomic E-state index is 12.7. The Balaban J connectivity index is 1.64. The zero-order valence-corrected chi connectivity index (χ0v) is 19.5. The molecular formula is C21H23Cl2N5OS. The number of carbonyl (C=O) groups excluding carboxylic acids is 1. The first-order valence-corrected chi connectivity index (χ1v) is 11.0. The fraction of sp³-hybridized carbons (Fsp3) is 0.286. The number of thioether (sulfide) groups is 1. The Morgan fingerprint density at radius 3 is 2.57 bits per heavy atom. The molecule has 1 atom stereocenters. The van der Waals surface area contributed by atoms with E-state index in [1.165, 1.54) is 11.8 Å². The first-order chi connectivity index (χ1) is 14.3. The molecule has 0 saturated heterocycles. The maximum Gasteiger partial charge on any atom is 0.237 e. The predicted octanol–water partition coefficient (Wildman–Crippen LogP) is 5.47. The fourth-order valence-corrected chi connectivity index (χ4v) is 4.05. The third-order valence-corrected chi connectivity index (χ3v) is 6.37. The van der Waals surface area contributed by atoms with Crippen molar-refractivity contribution in [3.8, 4) is 0 Å². The van der Waals surface area contributed by atoms with Crippen molar-refractivity contribution in [3.05, 3.63) is 63.4 Å². The largest absolute Gasteiger partial charge is 0.376 e. The lowest BCUT2D eigenvalue weighted by Gasteiger charge is -2.15. The van der Waals surface area contributed by atoms with Gasteiger partial charge in [-0.2, -0.15) is 0 Å². The molecule has 0 unspecified atom stereocenters. The normalized spacial score (nSPS) is 11.9. The van der Waals surface area contributed by atoms with Crippen LogP contribution in [0.15, 0.2) is 41.6 Å². The quantitative estimate of drug-likeness (QED) is 0.454. The molecule has 0 aliphatic rings. The van der Waals surface area contributed by atoms with Gasteiger partial charge in [0, 0.05) is 17.8 Å². The van der Waals surface area contributed by atoms with Gasteiger partial charge in [-0.25, -0.2) is 0 Å². The lowest BCUT2D eigenvalue weighted by molar-refractivity contribution is -0.115. The molecule has 6 nitrogen and oxygen atoms in total. The van der Waals surface area contributed by atoms with Crippen molar-refractivity contribution in [1.82, 2.24) is 14.8 Å². The van der Waals surface area contributed by atoms with E-state index >= 15 is 0 Å². The smallest absolute Gasteiger partial charge is 0.237 e. The van der Waals surface area contributed by atoms with E-state index in [4.69, 9.17) is 23.2 Å². The highest BCUT2D eigenvalue weighted by Gasteiger charge is 2.20. The van der Waals surface area contributed by atoms with Gasteiger partial charge in [-0.05, 0) is 50.1 Å². The van der Waals surface area contributed by atoms with Gasteiger partial charge in [0.15, 0.2) is 11.0 Å². The lowest BCUT2D eigenvalue weighted by atomic mass is 10.1. The van der Waals surface area contributed by atoms with Crippen molar-refractivity contribution >= 4 is 52.2 Å². The molecule has 0 saturated carbocycles. The van der Waals surface area contributed by atoms with Crippen molar-refractivity contribution in [2.45, 2.75) is 37.7 Å². The third kappa shape index (κ3) is 5.28. The summed E-state index contributed by atoms with van der Waals surface area (Å²) in [5, 5.41) is 16.2. The minimum atomic E-state index is -0.338. The molecule has 30 heavy (non-hydrogen) atoms. The molecule has 2 aromatic carbocycles. The molecule has 0 spiro atoms. The van der Waals surface area contributed by atoms with Gasteiger partial charge in [0.05, 0.1) is 22.5 Å². The van der Waals surface area contributed by atoms with E-state index in [0.29, 0.717) is 21.7 Å². The van der Waals surface area contributed by atoms with Crippen molar-refractivity contribution in [2.75, 3.05) is 10.6 Å². The Hall–Kier alpha value is -2.22. The van der Waals surface area contributed by atoms with Crippen LogP contribution in [0, 0.1) is 13.8 Å². The fourth-order valence-electron chi connectivity index (χ4n) is 2.86. The second-order valence-electron chi connectivity index (χ2n) is 6.95. The molecule has 0 bridgehead atoms. The van der Waals surface area contributed by atoms with E-state index in [2.05, 4.69) is 20.8 Å². The number of rotatable bonds is 7. The zero-order valence-electron chi connectivity index (χ0n) is 17.2. The van der Waals surface area contributed by atoms with Crippen LogP contribution in [0.25, 0.3) is 0 Å². The SMILES string of the molecule is Cc1cccc(C)c1NC(=O)[C@@H](C)Sc1nnc(CNc2cc(Cl)ccc2Cl)n1C. The molecule has 3 rings (SSSR count). The monoisotopic (exact) mass is 463 g/mol. The third-order valence-electron chi connectivity index (χ3n) is 4.67. The second kappa shape index (κ2) is 9.73. The van der Waals surface area contributed by atoms with Crippen LogP contribution in [0.5, 0.6) is 0 Å². The first kappa shape index (κ1) is 22.5. The standard InChI is InChI=1S/C21H23Cl2N5OS/c1-12-6-5-7-13(2)19(12)25-20(29)14(3)30-21-27-26-18(28(21)4)11-24-17-10-15(22)8-9-16(17)23/h5-10,14,24H,11H2,1-4H3,(H,25,29)/t14-/m1/s1. The predicted molar refractivity (Wildman–Crippen MR) is 125 cm³/mol. The summed E-state index contributed by atoms with van der Waals surface area (Å²) in [7, 11) is 1.87. The Kier molecular flexibility index (Phi) is 7.28. The van der Waals surface area contributed by atoms with Gasteiger partial charge < -0.3 is 15.2 Å². The number of hydrogen-bond donors (Lipinski definition) is 2. The number of nitrogens with zero attached hydrogens (tertiary/aromatic N) is 3. The molecule has 2 N–H and O–H groups in total. The van der Waals surface area contributed by atoms with E-state index in [1.807, 2.05) is 50.6 Å². The van der Waals surface area contributed by atoms with Crippen LogP contribution in [0.3, 0.4) is 0 Å². The van der Waals surface area contributed by atoms with Crippen molar-refractivity contribution in [3.63, 3.8) is 0 Å². The van der Waals surface area contributed by atoms with E-state index in [-0.39, 0.29) is 11.2 Å². The Bertz CT molecular complexity index is 1050. The number of hydrogen-bond acceptors (Lipinski definition) is 5. The van der Waals surface area contributed by atoms with Crippen molar-refractivity contribution in [2.24, 2.45) is 7.05 Å². The lowest BCUT2D eigenvalue weighted by Crippen LogP contribution is -2.23. The van der Waals surface area contributed by atoms with Gasteiger partial charge in [-0.3, -0.25) is 4.79 Å². The summed E-state index contributed by atoms with van der Waals surface area (Å²) in [4.78, 5) is 12.7. The van der Waals surface area contributed by atoms with Gasteiger partial charge in [0.25, 0.3) is 0 Å². The van der Waals surface area contributed by atoms with Crippen molar-refractivity contribution < 1.29 is 4.79 Å². The molecule has 9 heteroatoms. The molecule has 0 radical (unpaired) electrons. The Labute approximate surface area is 190 Å². The van der Waals surface area contributed by atoms with E-state index in [0.717, 1.165) is 28.3 Å². The van der Waals surface area contributed by atoms with Gasteiger partial charge in [0.2, 0.25) is 5.91 Å². The Morgan fingerprint density at radius 1 is 1.17 bits per heavy atom. The minimum Gasteiger partial charge on any atom is -0.376 e. The average molecular weight is 464 g/mol. The number of aryl methyl sites for hydroxylation is 2. The average Bonchev–Trinajstić information content (AvgIpc) is 3.05. The van der Waals surface area contributed by atoms with Gasteiger partial charge in [-0.15, -0.1) is 10.2 Å². The van der Waals surface area contributed by atoms with Crippen LogP contribution < -0.4 is 10.6 Å². The molecule has 158 valence electrons. The van der Waals surface area contributed by atoms with E-state index in [1.54, 1.807) is 18.2 Å². The Morgan fingerprint density at radius 2 is 1.87 bits per heavy atom. The first-order valence-electron chi connectivity index (χ1n) is 9.37. The molecule has 1 amide bonds. The highest BCUT2D eigenvalue weighted by atomic mass is 35.5. The van der Waals surface area contributed by atoms with E-state index < -0.39 is 0 Å². The summed E-state index contributed by atoms with van der Waals surface area (Å²) < 4.78 is 1.86. The molecule has 0 aliphatic carbocycles. The number of benzene rings is 2. The van der Waals surface area contributed by atoms with Gasteiger partial charge in [-0.1, -0.05) is 53.2 Å². The molecular weight excluding hydrogens is 441 g/mol. The number of anilines is 2. The number of nitrogens with one attached hydrogen (secondary N) is 2.